The second-order valence-electron chi connectivity index (χ2n) is 8.27. The lowest BCUT2D eigenvalue weighted by atomic mass is 10.1. The first-order chi connectivity index (χ1) is 19.0. The smallest absolute Gasteiger partial charge is 0.296 e. The molecule has 0 saturated carbocycles. The summed E-state index contributed by atoms with van der Waals surface area (Å²) in [6.07, 6.45) is 0. The van der Waals surface area contributed by atoms with Crippen LogP contribution in [0.5, 0.6) is 5.75 Å². The molecule has 0 aliphatic rings. The molecular weight excluding hydrogens is 604 g/mol. The molecule has 4 rings (SSSR count). The van der Waals surface area contributed by atoms with Gasteiger partial charge in [-0.25, -0.2) is 0 Å². The van der Waals surface area contributed by atoms with Gasteiger partial charge in [0.25, 0.3) is 36.3 Å². The first-order valence-corrected chi connectivity index (χ1v) is 15.2. The molecule has 213 valence electrons. The summed E-state index contributed by atoms with van der Waals surface area (Å²) >= 11 is 0. The number of phenolic OH excluding ortho intramolecular Hbond substituents is 1. The largest absolute Gasteiger partial charge is 0.505 e. The Morgan fingerprint density at radius 2 is 1.32 bits per heavy atom. The molecule has 0 unspecified atom stereocenters. The number of hydrogen-bond acceptors (Lipinski definition) is 10. The van der Waals surface area contributed by atoms with Crippen molar-refractivity contribution in [2.24, 2.45) is 10.2 Å². The normalized spacial score (nSPS) is 12.6. The van der Waals surface area contributed by atoms with Crippen molar-refractivity contribution in [2.75, 3.05) is 5.32 Å². The molecular formula is C23H17N4O11S3. The number of hydrogen-bond donors (Lipinski definition) is 5. The Balaban J connectivity index is 1.98. The number of rotatable bonds is 7. The van der Waals surface area contributed by atoms with E-state index in [4.69, 9.17) is 5.73 Å². The first kappa shape index (κ1) is 29.5. The van der Waals surface area contributed by atoms with Gasteiger partial charge in [0.1, 0.15) is 26.1 Å². The van der Waals surface area contributed by atoms with Crippen LogP contribution in [0.2, 0.25) is 0 Å². The van der Waals surface area contributed by atoms with Crippen LogP contribution in [0.15, 0.2) is 91.6 Å². The van der Waals surface area contributed by atoms with E-state index in [9.17, 15) is 48.8 Å². The minimum atomic E-state index is -5.21. The predicted molar refractivity (Wildman–Crippen MR) is 143 cm³/mol. The molecule has 41 heavy (non-hydrogen) atoms. The average Bonchev–Trinajstić information content (AvgIpc) is 2.86. The van der Waals surface area contributed by atoms with E-state index in [1.54, 1.807) is 6.07 Å². The van der Waals surface area contributed by atoms with E-state index in [-0.39, 0.29) is 22.0 Å². The molecule has 0 aromatic heterocycles. The van der Waals surface area contributed by atoms with Crippen molar-refractivity contribution >= 4 is 69.8 Å². The fourth-order valence-corrected chi connectivity index (χ4v) is 5.61. The molecule has 0 bridgehead atoms. The number of nitrogens with one attached hydrogen (secondary N) is 2. The third kappa shape index (κ3) is 6.32. The number of amides is 1. The van der Waals surface area contributed by atoms with E-state index in [1.165, 1.54) is 24.3 Å². The van der Waals surface area contributed by atoms with Gasteiger partial charge in [-0.3, -0.25) is 18.5 Å². The zero-order valence-corrected chi connectivity index (χ0v) is 22.6. The van der Waals surface area contributed by atoms with Crippen molar-refractivity contribution in [3.8, 4) is 5.75 Å². The van der Waals surface area contributed by atoms with E-state index in [0.717, 1.165) is 30.3 Å². The fourth-order valence-electron chi connectivity index (χ4n) is 3.68. The predicted octanol–water partition coefficient (Wildman–Crippen LogP) is 3.87. The Morgan fingerprint density at radius 1 is 0.732 bits per heavy atom. The molecule has 0 saturated heterocycles. The van der Waals surface area contributed by atoms with Gasteiger partial charge in [0.15, 0.2) is 5.75 Å². The molecule has 0 aliphatic carbocycles. The molecule has 0 atom stereocenters. The van der Waals surface area contributed by atoms with Crippen LogP contribution in [0.4, 0.5) is 22.7 Å². The number of anilines is 1. The molecule has 0 fully saturated rings. The lowest BCUT2D eigenvalue weighted by Crippen LogP contribution is -2.14. The third-order valence-electron chi connectivity index (χ3n) is 5.49. The summed E-state index contributed by atoms with van der Waals surface area (Å²) in [6.45, 7) is 0. The van der Waals surface area contributed by atoms with Crippen LogP contribution in [-0.4, -0.2) is 49.9 Å². The Hall–Kier alpha value is -4.46. The number of carbonyl (C=O) groups is 1. The number of nitrogens with zero attached hydrogens (tertiary/aromatic N) is 2. The van der Waals surface area contributed by atoms with Crippen molar-refractivity contribution in [1.29, 1.82) is 0 Å². The Labute approximate surface area is 232 Å². The van der Waals surface area contributed by atoms with Gasteiger partial charge in [0, 0.05) is 10.9 Å². The van der Waals surface area contributed by atoms with E-state index >= 15 is 0 Å². The van der Waals surface area contributed by atoms with E-state index in [2.05, 4.69) is 15.5 Å². The van der Waals surface area contributed by atoms with Crippen molar-refractivity contribution < 1.29 is 48.8 Å². The maximum atomic E-state index is 12.7. The Morgan fingerprint density at radius 3 is 1.90 bits per heavy atom. The lowest BCUT2D eigenvalue weighted by molar-refractivity contribution is 0.102. The van der Waals surface area contributed by atoms with E-state index in [0.29, 0.717) is 6.07 Å². The van der Waals surface area contributed by atoms with Gasteiger partial charge in [-0.2, -0.15) is 25.3 Å². The molecule has 0 heterocycles. The van der Waals surface area contributed by atoms with Crippen LogP contribution in [-0.2, 0) is 30.4 Å². The van der Waals surface area contributed by atoms with Gasteiger partial charge in [-0.15, -0.1) is 10.2 Å². The summed E-state index contributed by atoms with van der Waals surface area (Å²) in [4.78, 5) is 9.89. The summed E-state index contributed by atoms with van der Waals surface area (Å²) in [7, 11) is -15.1. The Bertz CT molecular complexity index is 2080. The monoisotopic (exact) mass is 621 g/mol. The van der Waals surface area contributed by atoms with Gasteiger partial charge in [-0.05, 0) is 53.9 Å². The molecule has 0 aliphatic heterocycles. The third-order valence-corrected chi connectivity index (χ3v) is 8.15. The van der Waals surface area contributed by atoms with Crippen molar-refractivity contribution in [2.45, 2.75) is 14.7 Å². The van der Waals surface area contributed by atoms with Gasteiger partial charge in [-0.1, -0.05) is 18.2 Å². The van der Waals surface area contributed by atoms with Crippen LogP contribution < -0.4 is 11.1 Å². The van der Waals surface area contributed by atoms with Gasteiger partial charge < -0.3 is 16.2 Å². The number of benzene rings is 4. The molecule has 6 N–H and O–H groups in total. The van der Waals surface area contributed by atoms with Gasteiger partial charge >= 0.3 is 0 Å². The highest BCUT2D eigenvalue weighted by atomic mass is 32.2. The molecule has 0 spiro atoms. The molecule has 4 aromatic carbocycles. The van der Waals surface area contributed by atoms with Crippen LogP contribution in [0.1, 0.15) is 10.4 Å². The number of aromatic hydroxyl groups is 1. The maximum Gasteiger partial charge on any atom is 0.296 e. The van der Waals surface area contributed by atoms with Crippen LogP contribution in [0.3, 0.4) is 0 Å². The van der Waals surface area contributed by atoms with Crippen LogP contribution >= 0.6 is 0 Å². The highest BCUT2D eigenvalue weighted by molar-refractivity contribution is 7.86. The SMILES string of the molecule is [NH]c1ccc(S(=O)(=O)O)c(/N=N/c2c(S(=O)(=O)O)cc3cc(S(=O)(=O)O)c(NC(=O)c4ccccc4)cc3c2O)c1. The summed E-state index contributed by atoms with van der Waals surface area (Å²) in [5, 5.41) is 19.6. The van der Waals surface area contributed by atoms with Crippen molar-refractivity contribution in [1.82, 2.24) is 5.73 Å². The second kappa shape index (κ2) is 10.5. The van der Waals surface area contributed by atoms with Crippen LogP contribution in [0.25, 0.3) is 10.8 Å². The lowest BCUT2D eigenvalue weighted by Gasteiger charge is -2.14. The fraction of sp³-hybridized carbons (Fsp3) is 0. The van der Waals surface area contributed by atoms with Gasteiger partial charge in [0.05, 0.1) is 11.4 Å². The summed E-state index contributed by atoms with van der Waals surface area (Å²) in [5.41, 5.74) is 5.38. The second-order valence-corrected chi connectivity index (χ2v) is 12.4. The summed E-state index contributed by atoms with van der Waals surface area (Å²) < 4.78 is 101. The Kier molecular flexibility index (Phi) is 7.56. The molecule has 4 aromatic rings. The highest BCUT2D eigenvalue weighted by Crippen LogP contribution is 2.44. The van der Waals surface area contributed by atoms with E-state index in [1.807, 2.05) is 0 Å². The minimum absolute atomic E-state index is 0.0978. The molecule has 1 amide bonds. The zero-order chi connectivity index (χ0) is 30.3. The zero-order valence-electron chi connectivity index (χ0n) is 20.1. The molecule has 1 radical (unpaired) electrons. The topological polar surface area (TPSA) is 261 Å². The average molecular weight is 622 g/mol. The number of phenols is 1. The first-order valence-electron chi connectivity index (χ1n) is 10.9. The quantitative estimate of drug-likeness (QED) is 0.146. The number of fused-ring (bicyclic) bond motifs is 1. The summed E-state index contributed by atoms with van der Waals surface area (Å²) in [6, 6.07) is 12.5. The molecule has 18 heteroatoms. The molecule has 15 nitrogen and oxygen atoms in total. The highest BCUT2D eigenvalue weighted by Gasteiger charge is 2.26. The van der Waals surface area contributed by atoms with Crippen molar-refractivity contribution in [3.63, 3.8) is 0 Å². The maximum absolute atomic E-state index is 12.7. The van der Waals surface area contributed by atoms with E-state index < -0.39 is 73.8 Å². The minimum Gasteiger partial charge on any atom is -0.505 e. The number of carbonyl (C=O) groups excluding carboxylic acids is 1. The standard InChI is InChI=1S/C23H17N4O11S3/c24-14-6-7-18(39(30,31)32)17(10-14)26-27-21-20(41(36,37)38)9-13-8-19(40(33,34)35)16(11-15(13)22(21)28)25-23(29)12-4-2-1-3-5-12/h1-11,24,28H,(H,25,29)(H,30,31,32)(H,33,34,35)(H,36,37,38)/b27-26+. The van der Waals surface area contributed by atoms with Crippen LogP contribution in [0, 0.1) is 0 Å². The number of azo groups is 1. The van der Waals surface area contributed by atoms with Gasteiger partial charge in [0.2, 0.25) is 0 Å². The summed E-state index contributed by atoms with van der Waals surface area (Å²) in [5.74, 6) is -1.83. The van der Waals surface area contributed by atoms with Crippen molar-refractivity contribution in [3.05, 3.63) is 72.3 Å².